The first-order chi connectivity index (χ1) is 14.8. The van der Waals surface area contributed by atoms with E-state index in [4.69, 9.17) is 0 Å². The molecule has 31 heavy (non-hydrogen) atoms. The molecular formula is C21H18F3N5O2. The average molecular weight is 429 g/mol. The molecule has 1 saturated heterocycles. The van der Waals surface area contributed by atoms with Crippen molar-refractivity contribution < 1.29 is 22.8 Å². The minimum Gasteiger partial charge on any atom is -0.338 e. The number of amides is 2. The summed E-state index contributed by atoms with van der Waals surface area (Å²) in [5.41, 5.74) is 0.0822. The Labute approximate surface area is 175 Å². The molecule has 0 radical (unpaired) electrons. The van der Waals surface area contributed by atoms with E-state index in [9.17, 15) is 22.8 Å². The van der Waals surface area contributed by atoms with Crippen LogP contribution < -0.4 is 5.32 Å². The van der Waals surface area contributed by atoms with Gasteiger partial charge in [-0.3, -0.25) is 14.2 Å². The largest absolute Gasteiger partial charge is 0.416 e. The number of carbonyl (C=O) groups is 2. The van der Waals surface area contributed by atoms with Crippen LogP contribution in [0.5, 0.6) is 0 Å². The van der Waals surface area contributed by atoms with Crippen molar-refractivity contribution >= 4 is 17.5 Å². The fourth-order valence-corrected chi connectivity index (χ4v) is 3.42. The van der Waals surface area contributed by atoms with Crippen LogP contribution in [-0.4, -0.2) is 37.8 Å². The number of anilines is 1. The van der Waals surface area contributed by atoms with Crippen LogP contribution in [0.25, 0.3) is 5.82 Å². The van der Waals surface area contributed by atoms with Crippen molar-refractivity contribution in [2.24, 2.45) is 5.92 Å². The number of likely N-dealkylation sites (tertiary alicyclic amines) is 1. The van der Waals surface area contributed by atoms with Crippen LogP contribution in [0.15, 0.2) is 61.3 Å². The number of hydrogen-bond donors (Lipinski definition) is 1. The predicted molar refractivity (Wildman–Crippen MR) is 105 cm³/mol. The Morgan fingerprint density at radius 2 is 2.06 bits per heavy atom. The SMILES string of the molecule is O=C(Nc1ccc(-n2ccnc2)nc1)[C@@H]1CC(=O)N(Cc2cccc(C(F)(F)F)c2)C1. The van der Waals surface area contributed by atoms with Crippen LogP contribution in [0.3, 0.4) is 0 Å². The molecule has 3 aromatic rings. The maximum absolute atomic E-state index is 12.9. The lowest BCUT2D eigenvalue weighted by molar-refractivity contribution is -0.137. The molecule has 7 nitrogen and oxygen atoms in total. The van der Waals surface area contributed by atoms with E-state index >= 15 is 0 Å². The third kappa shape index (κ3) is 4.73. The molecule has 0 spiro atoms. The van der Waals surface area contributed by atoms with Crippen LogP contribution in [0.1, 0.15) is 17.5 Å². The molecule has 1 aliphatic heterocycles. The van der Waals surface area contributed by atoms with Crippen molar-refractivity contribution in [2.75, 3.05) is 11.9 Å². The van der Waals surface area contributed by atoms with Gasteiger partial charge < -0.3 is 10.2 Å². The Morgan fingerprint density at radius 3 is 2.74 bits per heavy atom. The highest BCUT2D eigenvalue weighted by atomic mass is 19.4. The number of benzene rings is 1. The fraction of sp³-hybridized carbons (Fsp3) is 0.238. The first-order valence-corrected chi connectivity index (χ1v) is 9.49. The van der Waals surface area contributed by atoms with E-state index in [0.717, 1.165) is 12.1 Å². The highest BCUT2D eigenvalue weighted by Gasteiger charge is 2.35. The first-order valence-electron chi connectivity index (χ1n) is 9.49. The fourth-order valence-electron chi connectivity index (χ4n) is 3.42. The number of alkyl halides is 3. The second-order valence-electron chi connectivity index (χ2n) is 7.24. The third-order valence-corrected chi connectivity index (χ3v) is 5.00. The third-order valence-electron chi connectivity index (χ3n) is 5.00. The van der Waals surface area contributed by atoms with Crippen molar-refractivity contribution in [1.29, 1.82) is 0 Å². The molecule has 1 aliphatic rings. The Bertz CT molecular complexity index is 1080. The summed E-state index contributed by atoms with van der Waals surface area (Å²) in [4.78, 5) is 34.5. The van der Waals surface area contributed by atoms with E-state index in [1.54, 1.807) is 35.4 Å². The zero-order valence-electron chi connectivity index (χ0n) is 16.2. The summed E-state index contributed by atoms with van der Waals surface area (Å²) in [5, 5.41) is 2.74. The molecule has 0 saturated carbocycles. The summed E-state index contributed by atoms with van der Waals surface area (Å²) in [6.07, 6.45) is 2.03. The van der Waals surface area contributed by atoms with Crippen molar-refractivity contribution in [3.63, 3.8) is 0 Å². The molecule has 1 fully saturated rings. The second kappa shape index (κ2) is 8.21. The van der Waals surface area contributed by atoms with Gasteiger partial charge in [-0.25, -0.2) is 9.97 Å². The summed E-state index contributed by atoms with van der Waals surface area (Å²) in [6, 6.07) is 8.26. The normalized spacial score (nSPS) is 16.5. The van der Waals surface area contributed by atoms with Gasteiger partial charge >= 0.3 is 6.18 Å². The van der Waals surface area contributed by atoms with Crippen LogP contribution in [-0.2, 0) is 22.3 Å². The number of aromatic nitrogens is 3. The molecule has 1 aromatic carbocycles. The standard InChI is InChI=1S/C21H18F3N5O2/c22-21(23,24)16-3-1-2-14(8-16)11-29-12-15(9-19(29)30)20(31)27-17-4-5-18(26-10-17)28-7-6-25-13-28/h1-8,10,13,15H,9,11-12H2,(H,27,31)/t15-/m1/s1. The van der Waals surface area contributed by atoms with E-state index < -0.39 is 17.7 Å². The van der Waals surface area contributed by atoms with E-state index in [-0.39, 0.29) is 31.3 Å². The van der Waals surface area contributed by atoms with Gasteiger partial charge in [-0.2, -0.15) is 13.2 Å². The minimum absolute atomic E-state index is 0.00530. The zero-order valence-corrected chi connectivity index (χ0v) is 16.2. The van der Waals surface area contributed by atoms with Gasteiger partial charge in [0.05, 0.1) is 23.4 Å². The van der Waals surface area contributed by atoms with Crippen molar-refractivity contribution in [3.8, 4) is 5.82 Å². The van der Waals surface area contributed by atoms with Gasteiger partial charge in [0.15, 0.2) is 0 Å². The smallest absolute Gasteiger partial charge is 0.338 e. The van der Waals surface area contributed by atoms with E-state index in [2.05, 4.69) is 15.3 Å². The second-order valence-corrected chi connectivity index (χ2v) is 7.24. The van der Waals surface area contributed by atoms with Crippen molar-refractivity contribution in [1.82, 2.24) is 19.4 Å². The van der Waals surface area contributed by atoms with E-state index in [1.165, 1.54) is 23.2 Å². The molecule has 0 aliphatic carbocycles. The van der Waals surface area contributed by atoms with Crippen LogP contribution >= 0.6 is 0 Å². The van der Waals surface area contributed by atoms with Gasteiger partial charge in [-0.15, -0.1) is 0 Å². The summed E-state index contributed by atoms with van der Waals surface area (Å²) < 4.78 is 40.4. The van der Waals surface area contributed by atoms with Crippen LogP contribution in [0.2, 0.25) is 0 Å². The number of pyridine rings is 1. The molecule has 1 N–H and O–H groups in total. The monoisotopic (exact) mass is 429 g/mol. The lowest BCUT2D eigenvalue weighted by Gasteiger charge is -2.17. The lowest BCUT2D eigenvalue weighted by atomic mass is 10.1. The van der Waals surface area contributed by atoms with Crippen molar-refractivity contribution in [2.45, 2.75) is 19.1 Å². The number of carbonyl (C=O) groups excluding carboxylic acids is 2. The van der Waals surface area contributed by atoms with Gasteiger partial charge in [0.1, 0.15) is 12.1 Å². The maximum atomic E-state index is 12.9. The Balaban J connectivity index is 1.37. The molecule has 2 amide bonds. The highest BCUT2D eigenvalue weighted by molar-refractivity contribution is 5.97. The minimum atomic E-state index is -4.45. The van der Waals surface area contributed by atoms with Gasteiger partial charge in [-0.1, -0.05) is 12.1 Å². The molecule has 3 heterocycles. The van der Waals surface area contributed by atoms with Crippen molar-refractivity contribution in [3.05, 3.63) is 72.4 Å². The van der Waals surface area contributed by atoms with E-state index in [1.807, 2.05) is 0 Å². The molecule has 0 bridgehead atoms. The zero-order chi connectivity index (χ0) is 22.0. The maximum Gasteiger partial charge on any atom is 0.416 e. The quantitative estimate of drug-likeness (QED) is 0.675. The molecule has 10 heteroatoms. The number of hydrogen-bond acceptors (Lipinski definition) is 4. The number of nitrogens with zero attached hydrogens (tertiary/aromatic N) is 4. The highest BCUT2D eigenvalue weighted by Crippen LogP contribution is 2.30. The molecule has 4 rings (SSSR count). The Hall–Kier alpha value is -3.69. The number of imidazole rings is 1. The summed E-state index contributed by atoms with van der Waals surface area (Å²) >= 11 is 0. The molecular weight excluding hydrogens is 411 g/mol. The number of nitrogens with one attached hydrogen (secondary N) is 1. The number of rotatable bonds is 5. The molecule has 160 valence electrons. The Morgan fingerprint density at radius 1 is 1.23 bits per heavy atom. The van der Waals surface area contributed by atoms with Gasteiger partial charge in [0, 0.05) is 31.9 Å². The summed E-state index contributed by atoms with van der Waals surface area (Å²) in [7, 11) is 0. The summed E-state index contributed by atoms with van der Waals surface area (Å²) in [5.74, 6) is -0.561. The molecule has 0 unspecified atom stereocenters. The van der Waals surface area contributed by atoms with E-state index in [0.29, 0.717) is 17.1 Å². The summed E-state index contributed by atoms with van der Waals surface area (Å²) in [6.45, 7) is 0.162. The molecule has 2 aromatic heterocycles. The number of halogens is 3. The first kappa shape index (κ1) is 20.6. The van der Waals surface area contributed by atoms with Crippen LogP contribution in [0.4, 0.5) is 18.9 Å². The van der Waals surface area contributed by atoms with Gasteiger partial charge in [0.2, 0.25) is 11.8 Å². The predicted octanol–water partition coefficient (Wildman–Crippen LogP) is 3.27. The topological polar surface area (TPSA) is 80.1 Å². The average Bonchev–Trinajstić information content (AvgIpc) is 3.39. The van der Waals surface area contributed by atoms with Gasteiger partial charge in [0.25, 0.3) is 0 Å². The Kier molecular flexibility index (Phi) is 5.45. The lowest BCUT2D eigenvalue weighted by Crippen LogP contribution is -2.28. The molecule has 1 atom stereocenters. The van der Waals surface area contributed by atoms with Gasteiger partial charge in [-0.05, 0) is 29.8 Å². The van der Waals surface area contributed by atoms with Crippen LogP contribution in [0, 0.1) is 5.92 Å².